The van der Waals surface area contributed by atoms with Crippen LogP contribution >= 0.6 is 0 Å². The number of likely N-dealkylation sites (tertiary alicyclic amines) is 1. The first-order chi connectivity index (χ1) is 25.3. The number of pyridine rings is 1. The van der Waals surface area contributed by atoms with Gasteiger partial charge in [-0.3, -0.25) is 9.59 Å². The first-order valence-corrected chi connectivity index (χ1v) is 18.9. The molecule has 53 heavy (non-hydrogen) atoms. The average Bonchev–Trinajstić information content (AvgIpc) is 3.97. The third-order valence-corrected chi connectivity index (χ3v) is 11.1. The van der Waals surface area contributed by atoms with Gasteiger partial charge in [0.2, 0.25) is 5.91 Å². The van der Waals surface area contributed by atoms with Crippen LogP contribution in [0.5, 0.6) is 0 Å². The Morgan fingerprint density at radius 2 is 1.85 bits per heavy atom. The van der Waals surface area contributed by atoms with E-state index in [1.165, 1.54) is 17.0 Å². The van der Waals surface area contributed by atoms with E-state index in [0.29, 0.717) is 35.2 Å². The summed E-state index contributed by atoms with van der Waals surface area (Å²) in [7, 11) is 0. The van der Waals surface area contributed by atoms with Crippen molar-refractivity contribution in [3.05, 3.63) is 59.6 Å². The number of piperidine rings is 1. The summed E-state index contributed by atoms with van der Waals surface area (Å²) in [5, 5.41) is 6.73. The SMILES string of the molecule is C[C@H]1NC(=O)[C@@H]2C[C@H]2C/C=C/CCn2c(-c3nc4cc(C(=O)N[C@H]5CN(C(=O)OC(C)(C)C)CC[C@@H]5F)c(F)cc4n3[C@H]3C[C@@H]3C)cc3ccc1nc32. The molecule has 2 bridgehead atoms. The minimum atomic E-state index is -1.41. The maximum Gasteiger partial charge on any atom is 0.410 e. The van der Waals surface area contributed by atoms with Gasteiger partial charge in [0, 0.05) is 43.0 Å². The number of benzene rings is 1. The van der Waals surface area contributed by atoms with E-state index < -0.39 is 35.6 Å². The van der Waals surface area contributed by atoms with Crippen LogP contribution in [0.1, 0.15) is 94.9 Å². The van der Waals surface area contributed by atoms with Gasteiger partial charge in [0.15, 0.2) is 5.82 Å². The van der Waals surface area contributed by atoms with Crippen molar-refractivity contribution in [2.75, 3.05) is 13.1 Å². The van der Waals surface area contributed by atoms with Gasteiger partial charge in [-0.25, -0.2) is 23.5 Å². The van der Waals surface area contributed by atoms with Crippen molar-refractivity contribution in [1.29, 1.82) is 0 Å². The quantitative estimate of drug-likeness (QED) is 0.218. The molecule has 2 aliphatic carbocycles. The van der Waals surface area contributed by atoms with Crippen molar-refractivity contribution in [2.45, 2.75) is 103 Å². The predicted octanol–water partition coefficient (Wildman–Crippen LogP) is 7.01. The number of nitrogens with zero attached hydrogens (tertiary/aromatic N) is 5. The molecule has 0 unspecified atom stereocenters. The number of alkyl halides is 1. The number of allylic oxidation sites excluding steroid dienone is 2. The number of fused-ring (bicyclic) bond motifs is 3. The van der Waals surface area contributed by atoms with Gasteiger partial charge in [-0.2, -0.15) is 0 Å². The zero-order valence-electron chi connectivity index (χ0n) is 30.9. The molecule has 8 rings (SSSR count). The number of nitrogens with one attached hydrogen (secondary N) is 2. The van der Waals surface area contributed by atoms with Crippen molar-refractivity contribution in [3.8, 4) is 11.5 Å². The molecule has 0 spiro atoms. The van der Waals surface area contributed by atoms with E-state index in [2.05, 4.69) is 44.9 Å². The van der Waals surface area contributed by atoms with Crippen LogP contribution in [0.15, 0.2) is 42.5 Å². The van der Waals surface area contributed by atoms with Crippen LogP contribution in [0.4, 0.5) is 13.6 Å². The Hall–Kier alpha value is -4.81. The Morgan fingerprint density at radius 1 is 1.06 bits per heavy atom. The topological polar surface area (TPSA) is 123 Å². The van der Waals surface area contributed by atoms with E-state index in [4.69, 9.17) is 14.7 Å². The molecule has 5 heterocycles. The lowest BCUT2D eigenvalue weighted by molar-refractivity contribution is -0.123. The van der Waals surface area contributed by atoms with Gasteiger partial charge in [0.1, 0.15) is 23.2 Å². The number of amides is 3. The van der Waals surface area contributed by atoms with Crippen LogP contribution < -0.4 is 10.6 Å². The largest absolute Gasteiger partial charge is 0.444 e. The molecule has 3 amide bonds. The number of hydrogen-bond acceptors (Lipinski definition) is 6. The number of hydrogen-bond donors (Lipinski definition) is 2. The summed E-state index contributed by atoms with van der Waals surface area (Å²) in [5.41, 5.74) is 2.42. The Bertz CT molecular complexity index is 2150. The molecule has 7 atom stereocenters. The van der Waals surface area contributed by atoms with E-state index >= 15 is 8.78 Å². The van der Waals surface area contributed by atoms with Gasteiger partial charge in [0.05, 0.1) is 40.1 Å². The number of carbonyl (C=O) groups is 3. The molecule has 3 aromatic heterocycles. The molecule has 1 aromatic carbocycles. The highest BCUT2D eigenvalue weighted by Gasteiger charge is 2.43. The Balaban J connectivity index is 1.14. The number of imidazole rings is 1. The highest BCUT2D eigenvalue weighted by molar-refractivity contribution is 5.98. The summed E-state index contributed by atoms with van der Waals surface area (Å²) in [6.45, 7) is 10.1. The molecule has 1 saturated heterocycles. The molecule has 13 heteroatoms. The van der Waals surface area contributed by atoms with E-state index in [9.17, 15) is 14.4 Å². The zero-order valence-corrected chi connectivity index (χ0v) is 30.9. The molecule has 280 valence electrons. The maximum absolute atomic E-state index is 16.0. The number of halogens is 2. The molecular weight excluding hydrogens is 680 g/mol. The summed E-state index contributed by atoms with van der Waals surface area (Å²) in [6, 6.07) is 7.62. The molecule has 0 radical (unpaired) electrons. The summed E-state index contributed by atoms with van der Waals surface area (Å²) >= 11 is 0. The Labute approximate surface area is 307 Å². The highest BCUT2D eigenvalue weighted by atomic mass is 19.1. The van der Waals surface area contributed by atoms with Crippen LogP contribution in [-0.2, 0) is 16.1 Å². The number of ether oxygens (including phenoxy) is 1. The average molecular weight is 728 g/mol. The molecule has 3 fully saturated rings. The lowest BCUT2D eigenvalue weighted by atomic mass is 10.0. The smallest absolute Gasteiger partial charge is 0.410 e. The van der Waals surface area contributed by atoms with Gasteiger partial charge in [0.25, 0.3) is 5.91 Å². The number of aromatic nitrogens is 4. The Morgan fingerprint density at radius 3 is 2.60 bits per heavy atom. The molecular formula is C40H47F2N7O4. The van der Waals surface area contributed by atoms with Gasteiger partial charge in [-0.05, 0) is 95.9 Å². The molecule has 4 aliphatic rings. The second-order valence-electron chi connectivity index (χ2n) is 16.4. The van der Waals surface area contributed by atoms with Crippen molar-refractivity contribution in [1.82, 2.24) is 34.6 Å². The van der Waals surface area contributed by atoms with Gasteiger partial charge < -0.3 is 29.4 Å². The van der Waals surface area contributed by atoms with Crippen LogP contribution in [0.25, 0.3) is 33.6 Å². The minimum Gasteiger partial charge on any atom is -0.444 e. The van der Waals surface area contributed by atoms with E-state index in [1.54, 1.807) is 20.8 Å². The van der Waals surface area contributed by atoms with Crippen molar-refractivity contribution in [3.63, 3.8) is 0 Å². The van der Waals surface area contributed by atoms with Crippen molar-refractivity contribution in [2.24, 2.45) is 17.8 Å². The fourth-order valence-electron chi connectivity index (χ4n) is 7.88. The standard InChI is InChI=1S/C40H47F2N7O4/c1-21-15-32(21)49-33-19-28(42)26(38(51)46-31-20-47(14-12-27(31)41)39(52)53-40(3,4)5)18-30(33)45-36(49)34-17-24-10-11-29-22(2)43-37(50)25-16-23(25)9-7-6-8-13-48(34)35(24)44-29/h6-7,10-11,17-19,21-23,25,27,31-32H,8-9,12-16,20H2,1-5H3,(H,43,50)(H,46,51)/b7-6+/t21-,22+,23+,25+,27-,31-,32-/m0/s1. The fraction of sp³-hybridized carbons (Fsp3) is 0.525. The van der Waals surface area contributed by atoms with E-state index in [-0.39, 0.29) is 49.0 Å². The molecule has 2 N–H and O–H groups in total. The predicted molar refractivity (Wildman–Crippen MR) is 196 cm³/mol. The summed E-state index contributed by atoms with van der Waals surface area (Å²) in [4.78, 5) is 50.7. The molecule has 11 nitrogen and oxygen atoms in total. The second-order valence-corrected chi connectivity index (χ2v) is 16.4. The number of rotatable bonds is 4. The number of aryl methyl sites for hydroxylation is 1. The van der Waals surface area contributed by atoms with Gasteiger partial charge in [-0.1, -0.05) is 19.1 Å². The summed E-state index contributed by atoms with van der Waals surface area (Å²) in [5.74, 6) is -0.00495. The van der Waals surface area contributed by atoms with Gasteiger partial charge in [-0.15, -0.1) is 0 Å². The van der Waals surface area contributed by atoms with Crippen LogP contribution in [0.2, 0.25) is 0 Å². The first-order valence-electron chi connectivity index (χ1n) is 18.9. The minimum absolute atomic E-state index is 0.0215. The highest BCUT2D eigenvalue weighted by Crippen LogP contribution is 2.48. The van der Waals surface area contributed by atoms with Crippen molar-refractivity contribution >= 4 is 40.0 Å². The third-order valence-electron chi connectivity index (χ3n) is 11.1. The van der Waals surface area contributed by atoms with Crippen LogP contribution in [-0.4, -0.2) is 72.8 Å². The summed E-state index contributed by atoms with van der Waals surface area (Å²) in [6.07, 6.45) is 5.78. The van der Waals surface area contributed by atoms with E-state index in [1.807, 2.05) is 19.1 Å². The molecule has 2 aliphatic heterocycles. The second kappa shape index (κ2) is 13.2. The van der Waals surface area contributed by atoms with Crippen molar-refractivity contribution < 1.29 is 27.9 Å². The maximum atomic E-state index is 16.0. The number of carbonyl (C=O) groups excluding carboxylic acids is 3. The fourth-order valence-corrected chi connectivity index (χ4v) is 7.88. The Kier molecular flexibility index (Phi) is 8.80. The first kappa shape index (κ1) is 35.2. The van der Waals surface area contributed by atoms with Crippen LogP contribution in [0, 0.1) is 23.6 Å². The normalized spacial score (nSPS) is 27.9. The molecule has 4 aromatic rings. The monoisotopic (exact) mass is 727 g/mol. The third kappa shape index (κ3) is 6.90. The van der Waals surface area contributed by atoms with Crippen LogP contribution in [0.3, 0.4) is 0 Å². The van der Waals surface area contributed by atoms with E-state index in [0.717, 1.165) is 48.1 Å². The lowest BCUT2D eigenvalue weighted by Crippen LogP contribution is -2.55. The molecule has 2 saturated carbocycles. The summed E-state index contributed by atoms with van der Waals surface area (Å²) < 4.78 is 40.8. The lowest BCUT2D eigenvalue weighted by Gasteiger charge is -2.36. The zero-order chi connectivity index (χ0) is 37.3. The van der Waals surface area contributed by atoms with Gasteiger partial charge >= 0.3 is 6.09 Å².